The Kier molecular flexibility index (Phi) is 5.47. The van der Waals surface area contributed by atoms with Gasteiger partial charge in [-0.1, -0.05) is 11.6 Å². The minimum absolute atomic E-state index is 0.0516. The van der Waals surface area contributed by atoms with Gasteiger partial charge in [0.05, 0.1) is 10.8 Å². The summed E-state index contributed by atoms with van der Waals surface area (Å²) in [7, 11) is -3.58. The number of carbonyl (C=O) groups excluding carboxylic acids is 1. The van der Waals surface area contributed by atoms with Crippen LogP contribution in [-0.2, 0) is 14.8 Å². The molecule has 122 valence electrons. The van der Waals surface area contributed by atoms with Crippen molar-refractivity contribution in [3.63, 3.8) is 0 Å². The molecular formula is C15H21ClN2O3S. The molecule has 1 aromatic carbocycles. The molecule has 1 aliphatic rings. The number of nitrogens with one attached hydrogen (secondary N) is 1. The highest BCUT2D eigenvalue weighted by Crippen LogP contribution is 2.24. The Morgan fingerprint density at radius 3 is 2.55 bits per heavy atom. The molecule has 1 aliphatic heterocycles. The normalized spacial score (nSPS) is 20.1. The number of amides is 1. The highest BCUT2D eigenvalue weighted by molar-refractivity contribution is 7.89. The minimum Gasteiger partial charge on any atom is -0.354 e. The molecule has 1 aromatic rings. The molecule has 1 N–H and O–H groups in total. The number of sulfonamides is 1. The second-order valence-electron chi connectivity index (χ2n) is 5.82. The molecule has 0 aliphatic carbocycles. The number of hydrogen-bond donors (Lipinski definition) is 1. The molecule has 0 saturated carbocycles. The molecule has 1 amide bonds. The van der Waals surface area contributed by atoms with Gasteiger partial charge in [0.2, 0.25) is 15.9 Å². The van der Waals surface area contributed by atoms with E-state index < -0.39 is 10.0 Å². The van der Waals surface area contributed by atoms with Crippen LogP contribution in [0.5, 0.6) is 0 Å². The van der Waals surface area contributed by atoms with Crippen LogP contribution in [0, 0.1) is 5.92 Å². The number of carbonyl (C=O) groups is 1. The van der Waals surface area contributed by atoms with Crippen LogP contribution in [-0.4, -0.2) is 37.8 Å². The van der Waals surface area contributed by atoms with Crippen LogP contribution in [0.25, 0.3) is 0 Å². The van der Waals surface area contributed by atoms with Crippen molar-refractivity contribution < 1.29 is 13.2 Å². The van der Waals surface area contributed by atoms with E-state index in [1.54, 1.807) is 12.1 Å². The van der Waals surface area contributed by atoms with Crippen LogP contribution in [0.2, 0.25) is 5.02 Å². The predicted molar refractivity (Wildman–Crippen MR) is 86.2 cm³/mol. The monoisotopic (exact) mass is 344 g/mol. The molecule has 2 rings (SSSR count). The highest BCUT2D eigenvalue weighted by atomic mass is 35.5. The van der Waals surface area contributed by atoms with Crippen molar-refractivity contribution in [2.24, 2.45) is 5.92 Å². The van der Waals surface area contributed by atoms with Crippen LogP contribution in [0.1, 0.15) is 26.7 Å². The summed E-state index contributed by atoms with van der Waals surface area (Å²) in [6, 6.07) is 6.16. The molecule has 1 atom stereocenters. The lowest BCUT2D eigenvalue weighted by atomic mass is 9.98. The van der Waals surface area contributed by atoms with E-state index in [-0.39, 0.29) is 29.3 Å². The quantitative estimate of drug-likeness (QED) is 0.911. The third-order valence-electron chi connectivity index (χ3n) is 3.64. The van der Waals surface area contributed by atoms with E-state index >= 15 is 0 Å². The zero-order valence-corrected chi connectivity index (χ0v) is 14.3. The van der Waals surface area contributed by atoms with Gasteiger partial charge < -0.3 is 5.32 Å². The van der Waals surface area contributed by atoms with Gasteiger partial charge in [0, 0.05) is 24.2 Å². The molecule has 1 saturated heterocycles. The lowest BCUT2D eigenvalue weighted by Crippen LogP contribution is -2.46. The summed E-state index contributed by atoms with van der Waals surface area (Å²) >= 11 is 5.80. The van der Waals surface area contributed by atoms with Gasteiger partial charge in [-0.25, -0.2) is 8.42 Å². The van der Waals surface area contributed by atoms with E-state index in [0.29, 0.717) is 24.4 Å². The van der Waals surface area contributed by atoms with Gasteiger partial charge in [-0.05, 0) is 51.0 Å². The molecule has 7 heteroatoms. The van der Waals surface area contributed by atoms with E-state index in [0.717, 1.165) is 0 Å². The number of hydrogen-bond acceptors (Lipinski definition) is 3. The van der Waals surface area contributed by atoms with Crippen molar-refractivity contribution in [3.8, 4) is 0 Å². The number of rotatable bonds is 4. The average Bonchev–Trinajstić information content (AvgIpc) is 2.47. The van der Waals surface area contributed by atoms with Gasteiger partial charge in [-0.2, -0.15) is 4.31 Å². The van der Waals surface area contributed by atoms with Gasteiger partial charge >= 0.3 is 0 Å². The average molecular weight is 345 g/mol. The van der Waals surface area contributed by atoms with Crippen molar-refractivity contribution in [3.05, 3.63) is 29.3 Å². The van der Waals surface area contributed by atoms with Crippen LogP contribution >= 0.6 is 11.6 Å². The molecule has 0 unspecified atom stereocenters. The molecular weight excluding hydrogens is 324 g/mol. The maximum Gasteiger partial charge on any atom is 0.243 e. The summed E-state index contributed by atoms with van der Waals surface area (Å²) in [6.45, 7) is 4.45. The first-order chi connectivity index (χ1) is 10.3. The third kappa shape index (κ3) is 4.00. The van der Waals surface area contributed by atoms with Gasteiger partial charge in [-0.15, -0.1) is 0 Å². The van der Waals surface area contributed by atoms with Gasteiger partial charge in [0.15, 0.2) is 0 Å². The number of nitrogens with zero attached hydrogens (tertiary/aromatic N) is 1. The van der Waals surface area contributed by atoms with Gasteiger partial charge in [0.1, 0.15) is 0 Å². The summed E-state index contributed by atoms with van der Waals surface area (Å²) in [6.07, 6.45) is 1.40. The molecule has 0 spiro atoms. The summed E-state index contributed by atoms with van der Waals surface area (Å²) < 4.78 is 26.7. The van der Waals surface area contributed by atoms with Crippen LogP contribution < -0.4 is 5.32 Å². The van der Waals surface area contributed by atoms with E-state index in [1.165, 1.54) is 16.4 Å². The van der Waals surface area contributed by atoms with Gasteiger partial charge in [-0.3, -0.25) is 4.79 Å². The van der Waals surface area contributed by atoms with Crippen LogP contribution in [0.15, 0.2) is 29.2 Å². The zero-order chi connectivity index (χ0) is 16.3. The predicted octanol–water partition coefficient (Wildman–Crippen LogP) is 2.27. The van der Waals surface area contributed by atoms with Crippen molar-refractivity contribution in [2.75, 3.05) is 13.1 Å². The largest absolute Gasteiger partial charge is 0.354 e. The molecule has 0 radical (unpaired) electrons. The second kappa shape index (κ2) is 6.98. The Hall–Kier alpha value is -1.11. The number of halogens is 1. The molecule has 1 fully saturated rings. The van der Waals surface area contributed by atoms with Crippen LogP contribution in [0.3, 0.4) is 0 Å². The first-order valence-corrected chi connectivity index (χ1v) is 9.18. The highest BCUT2D eigenvalue weighted by Gasteiger charge is 2.33. The van der Waals surface area contributed by atoms with Crippen molar-refractivity contribution in [2.45, 2.75) is 37.6 Å². The van der Waals surface area contributed by atoms with E-state index in [9.17, 15) is 13.2 Å². The van der Waals surface area contributed by atoms with E-state index in [2.05, 4.69) is 5.32 Å². The van der Waals surface area contributed by atoms with Crippen molar-refractivity contribution >= 4 is 27.5 Å². The Labute approximate surface area is 136 Å². The Morgan fingerprint density at radius 2 is 1.95 bits per heavy atom. The molecule has 5 nitrogen and oxygen atoms in total. The minimum atomic E-state index is -3.58. The SMILES string of the molecule is CC(C)NC(=O)[C@H]1CCCN(S(=O)(=O)c2ccc(Cl)cc2)C1. The standard InChI is InChI=1S/C15H21ClN2O3S/c1-11(2)17-15(19)12-4-3-9-18(10-12)22(20,21)14-7-5-13(16)6-8-14/h5-8,11-12H,3-4,9-10H2,1-2H3,(H,17,19)/t12-/m0/s1. The van der Waals surface area contributed by atoms with Crippen molar-refractivity contribution in [1.29, 1.82) is 0 Å². The maximum atomic E-state index is 12.6. The number of benzene rings is 1. The first kappa shape index (κ1) is 17.2. The van der Waals surface area contributed by atoms with Crippen molar-refractivity contribution in [1.82, 2.24) is 9.62 Å². The first-order valence-electron chi connectivity index (χ1n) is 7.37. The van der Waals surface area contributed by atoms with Gasteiger partial charge in [0.25, 0.3) is 0 Å². The van der Waals surface area contributed by atoms with E-state index in [4.69, 9.17) is 11.6 Å². The maximum absolute atomic E-state index is 12.6. The smallest absolute Gasteiger partial charge is 0.243 e. The molecule has 0 aromatic heterocycles. The Balaban J connectivity index is 2.14. The van der Waals surface area contributed by atoms with Crippen LogP contribution in [0.4, 0.5) is 0 Å². The second-order valence-corrected chi connectivity index (χ2v) is 8.19. The fraction of sp³-hybridized carbons (Fsp3) is 0.533. The summed E-state index contributed by atoms with van der Waals surface area (Å²) in [5.74, 6) is -0.371. The Morgan fingerprint density at radius 1 is 1.32 bits per heavy atom. The molecule has 1 heterocycles. The fourth-order valence-electron chi connectivity index (χ4n) is 2.53. The fourth-order valence-corrected chi connectivity index (χ4v) is 4.18. The summed E-state index contributed by atoms with van der Waals surface area (Å²) in [5.41, 5.74) is 0. The molecule has 0 bridgehead atoms. The topological polar surface area (TPSA) is 66.5 Å². The summed E-state index contributed by atoms with van der Waals surface area (Å²) in [5, 5.41) is 3.35. The molecule has 22 heavy (non-hydrogen) atoms. The Bertz CT molecular complexity index is 629. The number of piperidine rings is 1. The summed E-state index contributed by atoms with van der Waals surface area (Å²) in [4.78, 5) is 12.3. The lowest BCUT2D eigenvalue weighted by molar-refractivity contribution is -0.126. The third-order valence-corrected chi connectivity index (χ3v) is 5.77. The zero-order valence-electron chi connectivity index (χ0n) is 12.8. The van der Waals surface area contributed by atoms with E-state index in [1.807, 2.05) is 13.8 Å². The lowest BCUT2D eigenvalue weighted by Gasteiger charge is -2.31.